The summed E-state index contributed by atoms with van der Waals surface area (Å²) >= 11 is 2.80. The normalized spacial score (nSPS) is 12.4. The van der Waals surface area contributed by atoms with Crippen molar-refractivity contribution in [2.45, 2.75) is 24.8 Å². The Balaban J connectivity index is 1.88. The van der Waals surface area contributed by atoms with Gasteiger partial charge in [0.15, 0.2) is 14.6 Å². The molecule has 0 aliphatic rings. The van der Waals surface area contributed by atoms with Gasteiger partial charge in [0.05, 0.1) is 25.8 Å². The highest BCUT2D eigenvalue weighted by Crippen LogP contribution is 2.23. The van der Waals surface area contributed by atoms with Crippen molar-refractivity contribution in [1.82, 2.24) is 4.57 Å². The summed E-state index contributed by atoms with van der Waals surface area (Å²) in [5.74, 6) is -0.111. The Morgan fingerprint density at radius 1 is 1.23 bits per heavy atom. The molecule has 1 aromatic heterocycles. The highest BCUT2D eigenvalue weighted by atomic mass is 32.2. The molecule has 0 radical (unpaired) electrons. The monoisotopic (exact) mass is 479 g/mol. The minimum Gasteiger partial charge on any atom is -0.316 e. The van der Waals surface area contributed by atoms with Gasteiger partial charge in [0.1, 0.15) is 0 Å². The van der Waals surface area contributed by atoms with E-state index in [2.05, 4.69) is 4.99 Å². The minimum atomic E-state index is -3.59. The number of carbonyl (C=O) groups is 1. The topological polar surface area (TPSA) is 112 Å². The van der Waals surface area contributed by atoms with Gasteiger partial charge in [-0.05, 0) is 31.4 Å². The summed E-state index contributed by atoms with van der Waals surface area (Å²) < 4.78 is 27.5. The first-order valence-electron chi connectivity index (χ1n) is 9.35. The Kier molecular flexibility index (Phi) is 7.29. The number of sulfone groups is 1. The van der Waals surface area contributed by atoms with E-state index in [-0.39, 0.29) is 22.8 Å². The molecule has 3 rings (SSSR count). The highest BCUT2D eigenvalue weighted by Gasteiger charge is 2.17. The van der Waals surface area contributed by atoms with Crippen molar-refractivity contribution in [2.24, 2.45) is 4.99 Å². The zero-order valence-corrected chi connectivity index (χ0v) is 19.4. The Labute approximate surface area is 187 Å². The van der Waals surface area contributed by atoms with Gasteiger partial charge < -0.3 is 4.57 Å². The van der Waals surface area contributed by atoms with Gasteiger partial charge in [-0.1, -0.05) is 29.0 Å². The van der Waals surface area contributed by atoms with Crippen LogP contribution in [0.4, 0.5) is 5.69 Å². The SMILES string of the molecule is CSCCn1c(=NC(=O)CCS(=O)(=O)c2ccc(C)cc2)sc2cc([N+](=O)[O-])ccc21. The van der Waals surface area contributed by atoms with Crippen LogP contribution in [0.15, 0.2) is 52.4 Å². The Morgan fingerprint density at radius 2 is 1.94 bits per heavy atom. The van der Waals surface area contributed by atoms with E-state index in [1.165, 1.54) is 35.6 Å². The number of thiazole rings is 1. The van der Waals surface area contributed by atoms with E-state index < -0.39 is 20.7 Å². The lowest BCUT2D eigenvalue weighted by Gasteiger charge is -2.04. The molecule has 31 heavy (non-hydrogen) atoms. The number of rotatable bonds is 8. The fraction of sp³-hybridized carbons (Fsp3) is 0.300. The van der Waals surface area contributed by atoms with E-state index in [0.717, 1.165) is 16.8 Å². The number of hydrogen-bond acceptors (Lipinski definition) is 7. The lowest BCUT2D eigenvalue weighted by Crippen LogP contribution is -2.19. The van der Waals surface area contributed by atoms with Crippen LogP contribution < -0.4 is 4.80 Å². The fourth-order valence-electron chi connectivity index (χ4n) is 2.91. The van der Waals surface area contributed by atoms with Crippen LogP contribution in [0.25, 0.3) is 10.2 Å². The molecule has 2 aromatic carbocycles. The number of nitro groups is 1. The molecule has 11 heteroatoms. The van der Waals surface area contributed by atoms with Gasteiger partial charge in [0.2, 0.25) is 5.91 Å². The van der Waals surface area contributed by atoms with Crippen molar-refractivity contribution in [3.8, 4) is 0 Å². The zero-order valence-electron chi connectivity index (χ0n) is 17.0. The van der Waals surface area contributed by atoms with Crippen molar-refractivity contribution >= 4 is 54.7 Å². The second-order valence-electron chi connectivity index (χ2n) is 6.83. The van der Waals surface area contributed by atoms with E-state index in [4.69, 9.17) is 0 Å². The van der Waals surface area contributed by atoms with Gasteiger partial charge >= 0.3 is 0 Å². The maximum Gasteiger partial charge on any atom is 0.270 e. The third-order valence-corrected chi connectivity index (χ3v) is 7.95. The molecule has 0 saturated carbocycles. The van der Waals surface area contributed by atoms with Crippen molar-refractivity contribution in [1.29, 1.82) is 0 Å². The number of thioether (sulfide) groups is 1. The van der Waals surface area contributed by atoms with E-state index in [0.29, 0.717) is 16.0 Å². The number of aryl methyl sites for hydroxylation is 2. The summed E-state index contributed by atoms with van der Waals surface area (Å²) in [5.41, 5.74) is 1.67. The molecular formula is C20H21N3O5S3. The quantitative estimate of drug-likeness (QED) is 0.361. The third-order valence-electron chi connectivity index (χ3n) is 4.58. The van der Waals surface area contributed by atoms with E-state index >= 15 is 0 Å². The van der Waals surface area contributed by atoms with Crippen LogP contribution in [0.5, 0.6) is 0 Å². The van der Waals surface area contributed by atoms with Crippen molar-refractivity contribution in [2.75, 3.05) is 17.8 Å². The summed E-state index contributed by atoms with van der Waals surface area (Å²) in [7, 11) is -3.59. The second-order valence-corrected chi connectivity index (χ2v) is 10.9. The molecule has 0 saturated heterocycles. The molecule has 0 unspecified atom stereocenters. The molecule has 164 valence electrons. The molecule has 0 N–H and O–H groups in total. The van der Waals surface area contributed by atoms with Crippen molar-refractivity contribution < 1.29 is 18.1 Å². The average Bonchev–Trinajstić information content (AvgIpc) is 3.07. The maximum absolute atomic E-state index is 12.5. The lowest BCUT2D eigenvalue weighted by molar-refractivity contribution is -0.384. The van der Waals surface area contributed by atoms with Crippen LogP contribution >= 0.6 is 23.1 Å². The summed E-state index contributed by atoms with van der Waals surface area (Å²) in [5, 5.41) is 11.1. The number of fused-ring (bicyclic) bond motifs is 1. The fourth-order valence-corrected chi connectivity index (χ4v) is 5.61. The first kappa shape index (κ1) is 23.2. The first-order chi connectivity index (χ1) is 14.7. The van der Waals surface area contributed by atoms with Gasteiger partial charge in [0.25, 0.3) is 5.69 Å². The van der Waals surface area contributed by atoms with Crippen LogP contribution in [-0.4, -0.2) is 41.6 Å². The predicted molar refractivity (Wildman–Crippen MR) is 123 cm³/mol. The molecule has 0 bridgehead atoms. The maximum atomic E-state index is 12.5. The Morgan fingerprint density at radius 3 is 2.58 bits per heavy atom. The smallest absolute Gasteiger partial charge is 0.270 e. The molecule has 0 atom stereocenters. The number of benzene rings is 2. The summed E-state index contributed by atoms with van der Waals surface area (Å²) in [6, 6.07) is 11.0. The molecule has 0 aliphatic carbocycles. The molecular weight excluding hydrogens is 458 g/mol. The Bertz CT molecular complexity index is 1290. The number of nitrogens with zero attached hydrogens (tertiary/aromatic N) is 3. The number of aromatic nitrogens is 1. The lowest BCUT2D eigenvalue weighted by atomic mass is 10.2. The number of hydrogen-bond donors (Lipinski definition) is 0. The first-order valence-corrected chi connectivity index (χ1v) is 13.2. The van der Waals surface area contributed by atoms with Gasteiger partial charge in [-0.15, -0.1) is 0 Å². The summed E-state index contributed by atoms with van der Waals surface area (Å²) in [4.78, 5) is 27.8. The highest BCUT2D eigenvalue weighted by molar-refractivity contribution is 7.98. The minimum absolute atomic E-state index is 0.0344. The van der Waals surface area contributed by atoms with Crippen LogP contribution in [0.1, 0.15) is 12.0 Å². The Hall–Kier alpha value is -2.50. The molecule has 1 amide bonds. The van der Waals surface area contributed by atoms with Gasteiger partial charge in [-0.25, -0.2) is 8.42 Å². The number of carbonyl (C=O) groups excluding carboxylic acids is 1. The third kappa shape index (κ3) is 5.60. The standard InChI is InChI=1S/C20H21N3O5S3/c1-14-3-6-16(7-4-14)31(27,28)12-9-19(24)21-20-22(10-11-29-2)17-8-5-15(23(25)26)13-18(17)30-20/h3-8,13H,9-12H2,1-2H3. The number of non-ortho nitro benzene ring substituents is 1. The number of amides is 1. The van der Waals surface area contributed by atoms with Gasteiger partial charge in [0, 0.05) is 30.9 Å². The van der Waals surface area contributed by atoms with Crippen LogP contribution in [0.3, 0.4) is 0 Å². The van der Waals surface area contributed by atoms with Crippen LogP contribution in [0.2, 0.25) is 0 Å². The molecule has 0 spiro atoms. The molecule has 8 nitrogen and oxygen atoms in total. The van der Waals surface area contributed by atoms with Crippen molar-refractivity contribution in [3.63, 3.8) is 0 Å². The zero-order chi connectivity index (χ0) is 22.6. The average molecular weight is 480 g/mol. The molecule has 1 heterocycles. The van der Waals surface area contributed by atoms with Crippen molar-refractivity contribution in [3.05, 3.63) is 62.9 Å². The predicted octanol–water partition coefficient (Wildman–Crippen LogP) is 3.57. The molecule has 0 aliphatic heterocycles. The van der Waals surface area contributed by atoms with Crippen LogP contribution in [0, 0.1) is 17.0 Å². The molecule has 3 aromatic rings. The summed E-state index contributed by atoms with van der Waals surface area (Å²) in [6.45, 7) is 2.44. The van der Waals surface area contributed by atoms with E-state index in [1.54, 1.807) is 30.0 Å². The molecule has 0 fully saturated rings. The van der Waals surface area contributed by atoms with Gasteiger partial charge in [-0.2, -0.15) is 16.8 Å². The van der Waals surface area contributed by atoms with Gasteiger partial charge in [-0.3, -0.25) is 14.9 Å². The van der Waals surface area contributed by atoms with E-state index in [9.17, 15) is 23.3 Å². The summed E-state index contributed by atoms with van der Waals surface area (Å²) in [6.07, 6.45) is 1.71. The largest absolute Gasteiger partial charge is 0.316 e. The number of nitro benzene ring substituents is 1. The second kappa shape index (κ2) is 9.75. The van der Waals surface area contributed by atoms with Crippen LogP contribution in [-0.2, 0) is 21.2 Å². The van der Waals surface area contributed by atoms with E-state index in [1.807, 2.05) is 17.7 Å².